The fraction of sp³-hybridized carbons (Fsp3) is 0.261. The Bertz CT molecular complexity index is 1060. The van der Waals surface area contributed by atoms with Crippen molar-refractivity contribution < 1.29 is 23.5 Å². The smallest absolute Gasteiger partial charge is 0.343 e. The molecule has 0 aliphatic carbocycles. The first-order chi connectivity index (χ1) is 15.0. The minimum atomic E-state index is -0.782. The van der Waals surface area contributed by atoms with Crippen LogP contribution in [0.25, 0.3) is 5.88 Å². The fourth-order valence-corrected chi connectivity index (χ4v) is 3.12. The average Bonchev–Trinajstić information content (AvgIpc) is 3.42. The van der Waals surface area contributed by atoms with E-state index in [0.717, 1.165) is 5.56 Å². The molecule has 3 aromatic rings. The Labute approximate surface area is 180 Å². The van der Waals surface area contributed by atoms with E-state index in [1.807, 2.05) is 36.4 Å². The van der Waals surface area contributed by atoms with E-state index in [2.05, 4.69) is 0 Å². The number of ether oxygens (including phenoxy) is 2. The number of aryl methyl sites for hydroxylation is 1. The molecule has 0 saturated heterocycles. The van der Waals surface area contributed by atoms with Crippen molar-refractivity contribution in [1.29, 1.82) is 5.26 Å². The van der Waals surface area contributed by atoms with Gasteiger partial charge < -0.3 is 18.8 Å². The number of benzene rings is 1. The first kappa shape index (κ1) is 21.9. The summed E-state index contributed by atoms with van der Waals surface area (Å²) >= 11 is 0. The zero-order chi connectivity index (χ0) is 22.2. The Hall–Kier alpha value is -3.83. The molecule has 1 aromatic carbocycles. The number of aromatic nitrogens is 1. The highest BCUT2D eigenvalue weighted by Crippen LogP contribution is 2.26. The zero-order valence-electron chi connectivity index (χ0n) is 17.4. The van der Waals surface area contributed by atoms with Crippen LogP contribution >= 0.6 is 0 Å². The lowest BCUT2D eigenvalue weighted by atomic mass is 10.1. The van der Waals surface area contributed by atoms with Crippen LogP contribution < -0.4 is 0 Å². The number of hydrogen-bond donors (Lipinski definition) is 0. The van der Waals surface area contributed by atoms with Gasteiger partial charge in [-0.2, -0.15) is 5.26 Å². The van der Waals surface area contributed by atoms with E-state index in [-0.39, 0.29) is 28.7 Å². The summed E-state index contributed by atoms with van der Waals surface area (Å²) in [4.78, 5) is 27.0. The summed E-state index contributed by atoms with van der Waals surface area (Å²) in [5, 5.41) is 9.57. The fourth-order valence-electron chi connectivity index (χ4n) is 3.12. The monoisotopic (exact) mass is 421 g/mol. The Morgan fingerprint density at radius 3 is 2.52 bits per heavy atom. The van der Waals surface area contributed by atoms with Crippen LogP contribution in [0.15, 0.2) is 59.3 Å². The third-order valence-corrected chi connectivity index (χ3v) is 4.68. The van der Waals surface area contributed by atoms with E-state index < -0.39 is 12.6 Å². The molecule has 2 aromatic heterocycles. The molecule has 0 N–H and O–H groups in total. The van der Waals surface area contributed by atoms with Gasteiger partial charge in [0.05, 0.1) is 6.61 Å². The average molecular weight is 421 g/mol. The molecular weight excluding hydrogens is 398 g/mol. The molecular formula is C23H23N3O5. The van der Waals surface area contributed by atoms with Gasteiger partial charge in [-0.15, -0.1) is 0 Å². The maximum atomic E-state index is 12.7. The van der Waals surface area contributed by atoms with Crippen LogP contribution in [0.1, 0.15) is 27.2 Å². The highest BCUT2D eigenvalue weighted by Gasteiger charge is 2.27. The van der Waals surface area contributed by atoms with Gasteiger partial charge in [0.1, 0.15) is 23.0 Å². The molecule has 31 heavy (non-hydrogen) atoms. The number of carbonyl (C=O) groups excluding carboxylic acids is 2. The van der Waals surface area contributed by atoms with Crippen LogP contribution in [0.4, 0.5) is 0 Å². The van der Waals surface area contributed by atoms with Crippen molar-refractivity contribution in [2.24, 2.45) is 0 Å². The van der Waals surface area contributed by atoms with Crippen LogP contribution in [0, 0.1) is 18.3 Å². The quantitative estimate of drug-likeness (QED) is 0.493. The van der Waals surface area contributed by atoms with Crippen LogP contribution in [-0.2, 0) is 20.8 Å². The Morgan fingerprint density at radius 1 is 1.16 bits per heavy atom. The molecule has 3 rings (SSSR count). The van der Waals surface area contributed by atoms with Gasteiger partial charge in [0, 0.05) is 32.6 Å². The van der Waals surface area contributed by atoms with Gasteiger partial charge in [-0.05, 0) is 24.6 Å². The van der Waals surface area contributed by atoms with E-state index in [9.17, 15) is 14.9 Å². The predicted octanol–water partition coefficient (Wildman–Crippen LogP) is 3.08. The summed E-state index contributed by atoms with van der Waals surface area (Å²) < 4.78 is 17.6. The predicted molar refractivity (Wildman–Crippen MR) is 112 cm³/mol. The molecule has 0 spiro atoms. The maximum Gasteiger partial charge on any atom is 0.343 e. The molecule has 0 radical (unpaired) electrons. The number of furan rings is 1. The number of rotatable bonds is 9. The second kappa shape index (κ2) is 10.3. The van der Waals surface area contributed by atoms with Crippen LogP contribution in [0.5, 0.6) is 0 Å². The van der Waals surface area contributed by atoms with Gasteiger partial charge in [-0.25, -0.2) is 4.79 Å². The van der Waals surface area contributed by atoms with E-state index in [1.165, 1.54) is 0 Å². The van der Waals surface area contributed by atoms with E-state index in [1.54, 1.807) is 48.0 Å². The summed E-state index contributed by atoms with van der Waals surface area (Å²) in [6.07, 6.45) is 3.41. The normalized spacial score (nSPS) is 10.5. The molecule has 8 heteroatoms. The number of carbonyl (C=O) groups is 2. The number of amides is 1. The number of esters is 1. The van der Waals surface area contributed by atoms with Gasteiger partial charge in [-0.3, -0.25) is 9.36 Å². The third-order valence-electron chi connectivity index (χ3n) is 4.68. The Morgan fingerprint density at radius 2 is 1.87 bits per heavy atom. The first-order valence-electron chi connectivity index (χ1n) is 9.69. The van der Waals surface area contributed by atoms with Crippen LogP contribution in [0.2, 0.25) is 0 Å². The van der Waals surface area contributed by atoms with Gasteiger partial charge in [0.15, 0.2) is 6.61 Å². The van der Waals surface area contributed by atoms with E-state index in [4.69, 9.17) is 13.9 Å². The van der Waals surface area contributed by atoms with Gasteiger partial charge in [0.2, 0.25) is 5.88 Å². The van der Waals surface area contributed by atoms with E-state index >= 15 is 0 Å². The standard InChI is InChI=1S/C23H23N3O5/c1-17-21(19(14-24)22(31-17)25-10-6-7-11-25)23(28)30-16-20(27)26(12-13-29-2)15-18-8-4-3-5-9-18/h3-11H,12-13,15-16H2,1-2H3. The third kappa shape index (κ3) is 5.21. The SMILES string of the molecule is COCCN(Cc1ccccc1)C(=O)COC(=O)c1c(C)oc(-n2cccc2)c1C#N. The van der Waals surface area contributed by atoms with Crippen molar-refractivity contribution >= 4 is 11.9 Å². The molecule has 0 aliphatic rings. The first-order valence-corrected chi connectivity index (χ1v) is 9.69. The van der Waals surface area contributed by atoms with Crippen molar-refractivity contribution in [1.82, 2.24) is 9.47 Å². The van der Waals surface area contributed by atoms with Crippen LogP contribution in [0.3, 0.4) is 0 Å². The summed E-state index contributed by atoms with van der Waals surface area (Å²) in [6, 6.07) is 15.1. The van der Waals surface area contributed by atoms with Crippen molar-refractivity contribution in [2.75, 3.05) is 26.9 Å². The molecule has 0 aliphatic heterocycles. The molecule has 0 unspecified atom stereocenters. The van der Waals surface area contributed by atoms with Gasteiger partial charge >= 0.3 is 5.97 Å². The number of hydrogen-bond acceptors (Lipinski definition) is 6. The molecule has 160 valence electrons. The zero-order valence-corrected chi connectivity index (χ0v) is 17.4. The molecule has 0 saturated carbocycles. The molecule has 8 nitrogen and oxygen atoms in total. The molecule has 1 amide bonds. The number of methoxy groups -OCH3 is 1. The Balaban J connectivity index is 1.71. The second-order valence-corrected chi connectivity index (χ2v) is 6.79. The number of nitriles is 1. The maximum absolute atomic E-state index is 12.7. The molecule has 0 fully saturated rings. The van der Waals surface area contributed by atoms with Gasteiger partial charge in [0.25, 0.3) is 5.91 Å². The van der Waals surface area contributed by atoms with Crippen molar-refractivity contribution in [3.05, 3.63) is 77.3 Å². The van der Waals surface area contributed by atoms with E-state index in [0.29, 0.717) is 19.7 Å². The van der Waals surface area contributed by atoms with Gasteiger partial charge in [-0.1, -0.05) is 30.3 Å². The lowest BCUT2D eigenvalue weighted by molar-refractivity contribution is -0.135. The molecule has 0 bridgehead atoms. The highest BCUT2D eigenvalue weighted by molar-refractivity contribution is 5.95. The summed E-state index contributed by atoms with van der Waals surface area (Å²) in [5.41, 5.74) is 1.03. The minimum Gasteiger partial charge on any atom is -0.452 e. The second-order valence-electron chi connectivity index (χ2n) is 6.79. The number of nitrogens with zero attached hydrogens (tertiary/aromatic N) is 3. The van der Waals surface area contributed by atoms with Crippen molar-refractivity contribution in [2.45, 2.75) is 13.5 Å². The summed E-state index contributed by atoms with van der Waals surface area (Å²) in [6.45, 7) is 2.20. The summed E-state index contributed by atoms with van der Waals surface area (Å²) in [5.74, 6) is -0.664. The largest absolute Gasteiger partial charge is 0.452 e. The lowest BCUT2D eigenvalue weighted by Gasteiger charge is -2.22. The van der Waals surface area contributed by atoms with Crippen molar-refractivity contribution in [3.8, 4) is 12.0 Å². The molecule has 2 heterocycles. The lowest BCUT2D eigenvalue weighted by Crippen LogP contribution is -2.36. The minimum absolute atomic E-state index is 0.0190. The molecule has 0 atom stereocenters. The van der Waals surface area contributed by atoms with Crippen molar-refractivity contribution in [3.63, 3.8) is 0 Å². The Kier molecular flexibility index (Phi) is 7.25. The summed E-state index contributed by atoms with van der Waals surface area (Å²) in [7, 11) is 1.55. The highest BCUT2D eigenvalue weighted by atomic mass is 16.5. The topological polar surface area (TPSA) is 97.7 Å². The van der Waals surface area contributed by atoms with Crippen LogP contribution in [-0.4, -0.2) is 48.2 Å².